The predicted molar refractivity (Wildman–Crippen MR) is 74.5 cm³/mol. The number of hydrogen-bond donors (Lipinski definition) is 3. The van der Waals surface area contributed by atoms with Crippen LogP contribution in [0.15, 0.2) is 45.9 Å². The zero-order valence-corrected chi connectivity index (χ0v) is 10.9. The maximum Gasteiger partial charge on any atom is 0.219 e. The number of oxazole rings is 1. The molecule has 2 aromatic rings. The van der Waals surface area contributed by atoms with Crippen molar-refractivity contribution < 1.29 is 4.42 Å². The minimum atomic E-state index is -0.226. The fraction of sp³-hybridized carbons (Fsp3) is 0.231. The number of aryl methyl sites for hydroxylation is 1. The van der Waals surface area contributed by atoms with Gasteiger partial charge in [-0.05, 0) is 26.0 Å². The Morgan fingerprint density at radius 2 is 2.11 bits per heavy atom. The molecule has 1 aromatic carbocycles. The number of nitrogens with zero attached hydrogens (tertiary/aromatic N) is 2. The summed E-state index contributed by atoms with van der Waals surface area (Å²) in [6, 6.07) is 9.42. The largest absolute Gasteiger partial charge is 0.444 e. The van der Waals surface area contributed by atoms with Crippen molar-refractivity contribution >= 4 is 11.6 Å². The Bertz CT molecular complexity index is 549. The smallest absolute Gasteiger partial charge is 0.219 e. The minimum absolute atomic E-state index is 0.226. The molecule has 0 aliphatic rings. The highest BCUT2D eigenvalue weighted by molar-refractivity contribution is 5.93. The first kappa shape index (κ1) is 13.1. The summed E-state index contributed by atoms with van der Waals surface area (Å²) in [6.45, 7) is 3.73. The van der Waals surface area contributed by atoms with E-state index in [2.05, 4.69) is 20.7 Å². The molecular weight excluding hydrogens is 242 g/mol. The molecule has 6 nitrogen and oxygen atoms in total. The normalized spacial score (nSPS) is 13.1. The van der Waals surface area contributed by atoms with Crippen LogP contribution in [0.5, 0.6) is 0 Å². The fourth-order valence-electron chi connectivity index (χ4n) is 1.58. The minimum Gasteiger partial charge on any atom is -0.444 e. The van der Waals surface area contributed by atoms with Crippen molar-refractivity contribution in [3.05, 3.63) is 48.2 Å². The van der Waals surface area contributed by atoms with Gasteiger partial charge in [0.1, 0.15) is 11.8 Å². The van der Waals surface area contributed by atoms with Gasteiger partial charge in [0.2, 0.25) is 11.9 Å². The van der Waals surface area contributed by atoms with E-state index >= 15 is 0 Å². The molecule has 0 amide bonds. The average Bonchev–Trinajstić information content (AvgIpc) is 2.86. The molecule has 2 rings (SSSR count). The van der Waals surface area contributed by atoms with Gasteiger partial charge in [0, 0.05) is 5.69 Å². The predicted octanol–water partition coefficient (Wildman–Crippen LogP) is 1.98. The molecule has 0 aliphatic heterocycles. The first-order chi connectivity index (χ1) is 9.19. The number of guanidine groups is 1. The lowest BCUT2D eigenvalue weighted by atomic mass is 10.3. The maximum absolute atomic E-state index is 5.46. The van der Waals surface area contributed by atoms with Gasteiger partial charge in [0.15, 0.2) is 0 Å². The topological polar surface area (TPSA) is 88.5 Å². The first-order valence-electron chi connectivity index (χ1n) is 5.98. The summed E-state index contributed by atoms with van der Waals surface area (Å²) >= 11 is 0. The molecule has 100 valence electrons. The molecule has 0 saturated heterocycles. The van der Waals surface area contributed by atoms with E-state index < -0.39 is 0 Å². The number of hydrazine groups is 1. The summed E-state index contributed by atoms with van der Waals surface area (Å²) in [6.07, 6.45) is 1.67. The number of rotatable bonds is 3. The lowest BCUT2D eigenvalue weighted by Gasteiger charge is -2.10. The highest BCUT2D eigenvalue weighted by atomic mass is 16.4. The molecule has 0 bridgehead atoms. The van der Waals surface area contributed by atoms with Gasteiger partial charge in [-0.3, -0.25) is 5.43 Å². The zero-order chi connectivity index (χ0) is 13.7. The Kier molecular flexibility index (Phi) is 4.15. The molecule has 1 unspecified atom stereocenters. The van der Waals surface area contributed by atoms with E-state index in [1.165, 1.54) is 0 Å². The van der Waals surface area contributed by atoms with Crippen LogP contribution in [0, 0.1) is 6.92 Å². The average molecular weight is 259 g/mol. The van der Waals surface area contributed by atoms with Crippen LogP contribution in [-0.2, 0) is 0 Å². The molecular formula is C13H17N5O. The molecule has 0 fully saturated rings. The third-order valence-corrected chi connectivity index (χ3v) is 2.49. The van der Waals surface area contributed by atoms with Gasteiger partial charge in [-0.15, -0.1) is 0 Å². The van der Waals surface area contributed by atoms with Crippen LogP contribution < -0.4 is 16.6 Å². The summed E-state index contributed by atoms with van der Waals surface area (Å²) in [5.41, 5.74) is 3.43. The number of nitrogens with one attached hydrogen (secondary N) is 2. The van der Waals surface area contributed by atoms with E-state index in [0.29, 0.717) is 11.9 Å². The summed E-state index contributed by atoms with van der Waals surface area (Å²) in [4.78, 5) is 8.53. The Balaban J connectivity index is 2.10. The van der Waals surface area contributed by atoms with E-state index in [9.17, 15) is 0 Å². The molecule has 0 spiro atoms. The molecule has 4 N–H and O–H groups in total. The van der Waals surface area contributed by atoms with Gasteiger partial charge in [0.05, 0.1) is 6.20 Å². The van der Waals surface area contributed by atoms with Crippen molar-refractivity contribution in [2.45, 2.75) is 19.9 Å². The van der Waals surface area contributed by atoms with Gasteiger partial charge in [-0.25, -0.2) is 15.8 Å². The van der Waals surface area contributed by atoms with E-state index in [4.69, 9.17) is 10.3 Å². The number of nitrogens with two attached hydrogens (primary N) is 1. The van der Waals surface area contributed by atoms with E-state index in [1.54, 1.807) is 6.20 Å². The third-order valence-electron chi connectivity index (χ3n) is 2.49. The second kappa shape index (κ2) is 6.01. The number of aliphatic imine (C=N–C) groups is 1. The van der Waals surface area contributed by atoms with Crippen LogP contribution in [0.3, 0.4) is 0 Å². The van der Waals surface area contributed by atoms with Crippen LogP contribution in [0.2, 0.25) is 0 Å². The van der Waals surface area contributed by atoms with Crippen LogP contribution in [0.25, 0.3) is 0 Å². The Morgan fingerprint density at radius 1 is 1.37 bits per heavy atom. The SMILES string of the molecule is Cc1cnc(C(C)N=C(NN)Nc2ccccc2)o1. The standard InChI is InChI=1S/C13H17N5O/c1-9-8-15-12(19-9)10(2)16-13(18-14)17-11-6-4-3-5-7-11/h3-8,10H,14H2,1-2H3,(H2,16,17,18). The molecule has 1 aromatic heterocycles. The number of hydrogen-bond acceptors (Lipinski definition) is 4. The number of para-hydroxylation sites is 1. The third kappa shape index (κ3) is 3.56. The van der Waals surface area contributed by atoms with Crippen molar-refractivity contribution in [1.29, 1.82) is 0 Å². The van der Waals surface area contributed by atoms with Crippen LogP contribution in [0.4, 0.5) is 5.69 Å². The van der Waals surface area contributed by atoms with Gasteiger partial charge in [-0.1, -0.05) is 18.2 Å². The quantitative estimate of drug-likeness (QED) is 0.339. The Morgan fingerprint density at radius 3 is 2.68 bits per heavy atom. The fourth-order valence-corrected chi connectivity index (χ4v) is 1.58. The van der Waals surface area contributed by atoms with Gasteiger partial charge < -0.3 is 9.73 Å². The summed E-state index contributed by atoms with van der Waals surface area (Å²) in [5.74, 6) is 7.23. The van der Waals surface area contributed by atoms with Crippen molar-refractivity contribution in [3.8, 4) is 0 Å². The molecule has 0 saturated carbocycles. The molecule has 0 radical (unpaired) electrons. The second-order valence-corrected chi connectivity index (χ2v) is 4.10. The molecule has 0 aliphatic carbocycles. The summed E-state index contributed by atoms with van der Waals surface area (Å²) in [7, 11) is 0. The van der Waals surface area contributed by atoms with Crippen molar-refractivity contribution in [3.63, 3.8) is 0 Å². The van der Waals surface area contributed by atoms with Gasteiger partial charge in [0.25, 0.3) is 0 Å². The molecule has 6 heteroatoms. The van der Waals surface area contributed by atoms with Gasteiger partial charge in [-0.2, -0.15) is 0 Å². The molecule has 1 atom stereocenters. The second-order valence-electron chi connectivity index (χ2n) is 4.10. The number of aromatic nitrogens is 1. The van der Waals surface area contributed by atoms with E-state index in [0.717, 1.165) is 11.4 Å². The molecule has 1 heterocycles. The highest BCUT2D eigenvalue weighted by Gasteiger charge is 2.11. The lowest BCUT2D eigenvalue weighted by molar-refractivity contribution is 0.444. The van der Waals surface area contributed by atoms with Crippen molar-refractivity contribution in [2.24, 2.45) is 10.8 Å². The maximum atomic E-state index is 5.46. The number of anilines is 1. The summed E-state index contributed by atoms with van der Waals surface area (Å²) in [5, 5.41) is 3.08. The van der Waals surface area contributed by atoms with Crippen LogP contribution in [-0.4, -0.2) is 10.9 Å². The van der Waals surface area contributed by atoms with Crippen molar-refractivity contribution in [1.82, 2.24) is 10.4 Å². The molecule has 19 heavy (non-hydrogen) atoms. The zero-order valence-electron chi connectivity index (χ0n) is 10.9. The Labute approximate surface area is 111 Å². The lowest BCUT2D eigenvalue weighted by Crippen LogP contribution is -2.36. The van der Waals surface area contributed by atoms with Crippen LogP contribution >= 0.6 is 0 Å². The van der Waals surface area contributed by atoms with Crippen molar-refractivity contribution in [2.75, 3.05) is 5.32 Å². The van der Waals surface area contributed by atoms with Crippen LogP contribution in [0.1, 0.15) is 24.6 Å². The van der Waals surface area contributed by atoms with E-state index in [1.807, 2.05) is 44.2 Å². The highest BCUT2D eigenvalue weighted by Crippen LogP contribution is 2.16. The summed E-state index contributed by atoms with van der Waals surface area (Å²) < 4.78 is 5.43. The van der Waals surface area contributed by atoms with Gasteiger partial charge >= 0.3 is 0 Å². The Hall–Kier alpha value is -2.34. The monoisotopic (exact) mass is 259 g/mol. The number of benzene rings is 1. The van der Waals surface area contributed by atoms with E-state index in [-0.39, 0.29) is 6.04 Å². The first-order valence-corrected chi connectivity index (χ1v) is 5.98.